The van der Waals surface area contributed by atoms with Crippen molar-refractivity contribution in [2.24, 2.45) is 0 Å². The van der Waals surface area contributed by atoms with Gasteiger partial charge in [0, 0.05) is 12.6 Å². The topological polar surface area (TPSA) is 43.7 Å². The van der Waals surface area contributed by atoms with Crippen LogP contribution in [0.25, 0.3) is 0 Å². The second kappa shape index (κ2) is 4.40. The van der Waals surface area contributed by atoms with Gasteiger partial charge in [0.25, 0.3) is 0 Å². The van der Waals surface area contributed by atoms with Crippen LogP contribution in [-0.4, -0.2) is 46.5 Å². The number of piperidine rings is 1. The molecule has 0 saturated carbocycles. The molecule has 1 heterocycles. The van der Waals surface area contributed by atoms with Gasteiger partial charge in [-0.05, 0) is 33.2 Å². The predicted molar refractivity (Wildman–Crippen MR) is 52.6 cm³/mol. The lowest BCUT2D eigenvalue weighted by atomic mass is 10.00. The van der Waals surface area contributed by atoms with Gasteiger partial charge in [-0.1, -0.05) is 6.42 Å². The fourth-order valence-electron chi connectivity index (χ4n) is 1.97. The fraction of sp³-hybridized carbons (Fsp3) is 1.00. The van der Waals surface area contributed by atoms with Crippen LogP contribution in [0.2, 0.25) is 0 Å². The number of likely N-dealkylation sites (tertiary alicyclic amines) is 1. The lowest BCUT2D eigenvalue weighted by Gasteiger charge is -2.37. The molecule has 0 spiro atoms. The first-order valence-electron chi connectivity index (χ1n) is 5.10. The van der Waals surface area contributed by atoms with E-state index in [-0.39, 0.29) is 12.6 Å². The number of aliphatic hydroxyl groups excluding tert-OH is 1. The first-order valence-corrected chi connectivity index (χ1v) is 5.10. The van der Waals surface area contributed by atoms with Crippen LogP contribution < -0.4 is 0 Å². The van der Waals surface area contributed by atoms with Crippen LogP contribution in [0.5, 0.6) is 0 Å². The predicted octanol–water partition coefficient (Wildman–Crippen LogP) is 0.604. The van der Waals surface area contributed by atoms with Crippen molar-refractivity contribution in [2.75, 3.05) is 19.7 Å². The lowest BCUT2D eigenvalue weighted by molar-refractivity contribution is -0.00266. The molecule has 0 unspecified atom stereocenters. The monoisotopic (exact) mass is 187 g/mol. The minimum Gasteiger partial charge on any atom is -0.395 e. The van der Waals surface area contributed by atoms with Crippen molar-refractivity contribution in [3.05, 3.63) is 0 Å². The zero-order valence-corrected chi connectivity index (χ0v) is 8.66. The van der Waals surface area contributed by atoms with E-state index in [2.05, 4.69) is 4.90 Å². The molecule has 3 heteroatoms. The van der Waals surface area contributed by atoms with Crippen molar-refractivity contribution < 1.29 is 10.2 Å². The number of β-amino-alcohol motifs (C(OH)–C–C–N with tert-alkyl or cyclic N) is 1. The van der Waals surface area contributed by atoms with Gasteiger partial charge in [-0.25, -0.2) is 0 Å². The molecule has 78 valence electrons. The molecule has 1 aliphatic heterocycles. The molecule has 0 radical (unpaired) electrons. The number of aliphatic hydroxyl groups is 2. The Hall–Kier alpha value is -0.120. The molecule has 0 aliphatic carbocycles. The van der Waals surface area contributed by atoms with Crippen molar-refractivity contribution in [3.8, 4) is 0 Å². The number of rotatable bonds is 3. The van der Waals surface area contributed by atoms with Crippen molar-refractivity contribution in [1.82, 2.24) is 4.90 Å². The molecule has 0 bridgehead atoms. The van der Waals surface area contributed by atoms with Gasteiger partial charge in [0.05, 0.1) is 12.2 Å². The maximum atomic E-state index is 9.66. The Labute approximate surface area is 80.4 Å². The molecule has 1 rings (SSSR count). The molecule has 0 aromatic carbocycles. The van der Waals surface area contributed by atoms with Crippen LogP contribution in [0.3, 0.4) is 0 Å². The molecule has 0 amide bonds. The minimum absolute atomic E-state index is 0.218. The molecular weight excluding hydrogens is 166 g/mol. The highest BCUT2D eigenvalue weighted by molar-refractivity contribution is 4.81. The fourth-order valence-corrected chi connectivity index (χ4v) is 1.97. The average molecular weight is 187 g/mol. The lowest BCUT2D eigenvalue weighted by Crippen LogP contribution is -2.48. The van der Waals surface area contributed by atoms with E-state index in [4.69, 9.17) is 5.11 Å². The summed E-state index contributed by atoms with van der Waals surface area (Å²) in [7, 11) is 0. The Kier molecular flexibility index (Phi) is 3.71. The molecule has 0 aromatic heterocycles. The quantitative estimate of drug-likeness (QED) is 0.680. The summed E-state index contributed by atoms with van der Waals surface area (Å²) < 4.78 is 0. The smallest absolute Gasteiger partial charge is 0.0718 e. The first-order chi connectivity index (χ1) is 6.03. The van der Waals surface area contributed by atoms with Crippen molar-refractivity contribution in [3.63, 3.8) is 0 Å². The second-order valence-corrected chi connectivity index (χ2v) is 4.62. The summed E-state index contributed by atoms with van der Waals surface area (Å²) in [4.78, 5) is 2.20. The van der Waals surface area contributed by atoms with Gasteiger partial charge in [-0.3, -0.25) is 4.90 Å². The summed E-state index contributed by atoms with van der Waals surface area (Å²) in [5.74, 6) is 0. The van der Waals surface area contributed by atoms with E-state index < -0.39 is 5.60 Å². The number of nitrogens with zero attached hydrogens (tertiary/aromatic N) is 1. The average Bonchev–Trinajstić information content (AvgIpc) is 2.02. The Bertz CT molecular complexity index is 153. The first kappa shape index (κ1) is 11.0. The highest BCUT2D eigenvalue weighted by atomic mass is 16.3. The number of hydrogen-bond acceptors (Lipinski definition) is 3. The summed E-state index contributed by atoms with van der Waals surface area (Å²) in [6.45, 7) is 5.52. The third kappa shape index (κ3) is 3.63. The van der Waals surface area contributed by atoms with Crippen LogP contribution in [0.4, 0.5) is 0 Å². The highest BCUT2D eigenvalue weighted by Crippen LogP contribution is 2.18. The van der Waals surface area contributed by atoms with Crippen LogP contribution in [-0.2, 0) is 0 Å². The maximum absolute atomic E-state index is 9.66. The van der Waals surface area contributed by atoms with Crippen LogP contribution in [0.15, 0.2) is 0 Å². The molecular formula is C10H21NO2. The highest BCUT2D eigenvalue weighted by Gasteiger charge is 2.26. The van der Waals surface area contributed by atoms with E-state index >= 15 is 0 Å². The SMILES string of the molecule is CC(C)(O)CN1CCCC[C@H]1CO. The molecule has 0 aromatic rings. The summed E-state index contributed by atoms with van der Waals surface area (Å²) in [5, 5.41) is 18.8. The zero-order chi connectivity index (χ0) is 9.90. The number of hydrogen-bond donors (Lipinski definition) is 2. The Morgan fingerprint density at radius 2 is 2.08 bits per heavy atom. The van der Waals surface area contributed by atoms with Crippen LogP contribution in [0.1, 0.15) is 33.1 Å². The Morgan fingerprint density at radius 3 is 2.62 bits per heavy atom. The summed E-state index contributed by atoms with van der Waals surface area (Å²) in [6.07, 6.45) is 3.45. The van der Waals surface area contributed by atoms with E-state index in [9.17, 15) is 5.11 Å². The van der Waals surface area contributed by atoms with E-state index in [0.29, 0.717) is 6.54 Å². The van der Waals surface area contributed by atoms with E-state index in [1.807, 2.05) is 13.8 Å². The third-order valence-electron chi connectivity index (χ3n) is 2.55. The van der Waals surface area contributed by atoms with Gasteiger partial charge in [0.2, 0.25) is 0 Å². The van der Waals surface area contributed by atoms with Crippen molar-refractivity contribution in [1.29, 1.82) is 0 Å². The van der Waals surface area contributed by atoms with Gasteiger partial charge in [0.1, 0.15) is 0 Å². The van der Waals surface area contributed by atoms with E-state index in [1.54, 1.807) is 0 Å². The largest absolute Gasteiger partial charge is 0.395 e. The van der Waals surface area contributed by atoms with Crippen molar-refractivity contribution >= 4 is 0 Å². The Morgan fingerprint density at radius 1 is 1.38 bits per heavy atom. The Balaban J connectivity index is 2.45. The van der Waals surface area contributed by atoms with Gasteiger partial charge >= 0.3 is 0 Å². The van der Waals surface area contributed by atoms with Gasteiger partial charge < -0.3 is 10.2 Å². The van der Waals surface area contributed by atoms with Gasteiger partial charge in [-0.15, -0.1) is 0 Å². The van der Waals surface area contributed by atoms with Gasteiger partial charge in [0.15, 0.2) is 0 Å². The molecule has 2 N–H and O–H groups in total. The van der Waals surface area contributed by atoms with E-state index in [1.165, 1.54) is 12.8 Å². The summed E-state index contributed by atoms with van der Waals surface area (Å²) in [6, 6.07) is 0.264. The minimum atomic E-state index is -0.648. The third-order valence-corrected chi connectivity index (χ3v) is 2.55. The molecule has 1 saturated heterocycles. The normalized spacial score (nSPS) is 26.3. The molecule has 1 fully saturated rings. The standard InChI is InChI=1S/C10H21NO2/c1-10(2,13)8-11-6-4-3-5-9(11)7-12/h9,12-13H,3-8H2,1-2H3/t9-/m0/s1. The van der Waals surface area contributed by atoms with Gasteiger partial charge in [-0.2, -0.15) is 0 Å². The van der Waals surface area contributed by atoms with Crippen LogP contribution in [0, 0.1) is 0 Å². The molecule has 1 aliphatic rings. The summed E-state index contributed by atoms with van der Waals surface area (Å²) >= 11 is 0. The summed E-state index contributed by atoms with van der Waals surface area (Å²) in [5.41, 5.74) is -0.648. The van der Waals surface area contributed by atoms with Crippen molar-refractivity contribution in [2.45, 2.75) is 44.8 Å². The molecule has 3 nitrogen and oxygen atoms in total. The van der Waals surface area contributed by atoms with Crippen LogP contribution >= 0.6 is 0 Å². The zero-order valence-electron chi connectivity index (χ0n) is 8.66. The molecule has 1 atom stereocenters. The maximum Gasteiger partial charge on any atom is 0.0718 e. The molecule has 13 heavy (non-hydrogen) atoms. The second-order valence-electron chi connectivity index (χ2n) is 4.62. The van der Waals surface area contributed by atoms with E-state index in [0.717, 1.165) is 13.0 Å².